The lowest BCUT2D eigenvalue weighted by Crippen LogP contribution is -2.46. The highest BCUT2D eigenvalue weighted by molar-refractivity contribution is 7.99. The molecule has 208 valence electrons. The summed E-state index contributed by atoms with van der Waals surface area (Å²) in [6.45, 7) is 0. The van der Waals surface area contributed by atoms with Crippen molar-refractivity contribution < 1.29 is 9.18 Å². The Hall–Kier alpha value is -2.94. The number of fused-ring (bicyclic) bond motifs is 1. The monoisotopic (exact) mass is 552 g/mol. The van der Waals surface area contributed by atoms with E-state index in [2.05, 4.69) is 34.6 Å². The number of nitrogens with one attached hydrogen (secondary N) is 1. The highest BCUT2D eigenvalue weighted by Crippen LogP contribution is 2.30. The van der Waals surface area contributed by atoms with Crippen molar-refractivity contribution in [2.45, 2.75) is 88.8 Å². The Kier molecular flexibility index (Phi) is 9.17. The zero-order valence-electron chi connectivity index (χ0n) is 22.3. The maximum atomic E-state index is 14.1. The maximum Gasteiger partial charge on any atom is 0.333 e. The fraction of sp³-hybridized carbons (Fsp3) is 0.533. The molecule has 2 fully saturated rings. The number of halogens is 1. The number of unbranched alkanes of at least 4 members (excludes halogenated alkanes) is 2. The largest absolute Gasteiger partial charge is 0.353 e. The molecule has 7 nitrogen and oxygen atoms in total. The van der Waals surface area contributed by atoms with E-state index in [1.54, 1.807) is 4.57 Å². The van der Waals surface area contributed by atoms with Gasteiger partial charge < -0.3 is 5.32 Å². The van der Waals surface area contributed by atoms with E-state index in [1.807, 2.05) is 17.8 Å². The van der Waals surface area contributed by atoms with E-state index in [-0.39, 0.29) is 40.8 Å². The number of hydrogen-bond acceptors (Lipinski definition) is 5. The molecule has 3 aromatic rings. The quantitative estimate of drug-likeness (QED) is 0.370. The number of nitrogens with zero attached hydrogens (tertiary/aromatic N) is 3. The number of amides is 1. The van der Waals surface area contributed by atoms with Crippen LogP contribution in [-0.4, -0.2) is 37.6 Å². The average molecular weight is 553 g/mol. The number of thioether (sulfide) groups is 1. The summed E-state index contributed by atoms with van der Waals surface area (Å²) < 4.78 is 17.1. The Morgan fingerprint density at radius 1 is 0.949 bits per heavy atom. The van der Waals surface area contributed by atoms with Crippen molar-refractivity contribution >= 4 is 28.7 Å². The SMILES string of the molecule is O=C(CCCCCc1ccccc1)N[C@H]1CC[C@@H](n2c(=O)c3cc(F)cnc3n(C3CCSCC3)c2=O)CC1. The number of rotatable bonds is 9. The molecule has 1 saturated heterocycles. The average Bonchev–Trinajstić information content (AvgIpc) is 2.95. The molecule has 1 N–H and O–H groups in total. The third-order valence-corrected chi connectivity index (χ3v) is 9.17. The molecule has 1 aliphatic carbocycles. The third-order valence-electron chi connectivity index (χ3n) is 8.12. The van der Waals surface area contributed by atoms with Gasteiger partial charge in [0.1, 0.15) is 11.5 Å². The topological polar surface area (TPSA) is 86.0 Å². The van der Waals surface area contributed by atoms with Crippen molar-refractivity contribution in [1.29, 1.82) is 0 Å². The van der Waals surface area contributed by atoms with Gasteiger partial charge in [-0.25, -0.2) is 14.2 Å². The van der Waals surface area contributed by atoms with Crippen LogP contribution in [0.5, 0.6) is 0 Å². The molecule has 2 aliphatic rings. The second-order valence-electron chi connectivity index (χ2n) is 10.8. The Balaban J connectivity index is 1.20. The van der Waals surface area contributed by atoms with Gasteiger partial charge in [-0.1, -0.05) is 36.8 Å². The summed E-state index contributed by atoms with van der Waals surface area (Å²) in [4.78, 5) is 43.9. The van der Waals surface area contributed by atoms with E-state index >= 15 is 0 Å². The first-order valence-corrected chi connectivity index (χ1v) is 15.4. The number of benzene rings is 1. The summed E-state index contributed by atoms with van der Waals surface area (Å²) in [5, 5.41) is 3.32. The molecule has 3 heterocycles. The first-order valence-electron chi connectivity index (χ1n) is 14.2. The fourth-order valence-corrected chi connectivity index (χ4v) is 7.10. The molecule has 2 aromatic heterocycles. The van der Waals surface area contributed by atoms with Crippen LogP contribution >= 0.6 is 11.8 Å². The van der Waals surface area contributed by atoms with Gasteiger partial charge in [0.05, 0.1) is 11.6 Å². The second-order valence-corrected chi connectivity index (χ2v) is 12.0. The summed E-state index contributed by atoms with van der Waals surface area (Å²) >= 11 is 1.85. The van der Waals surface area contributed by atoms with Crippen molar-refractivity contribution in [1.82, 2.24) is 19.4 Å². The number of aryl methyl sites for hydroxylation is 1. The van der Waals surface area contributed by atoms with Gasteiger partial charge >= 0.3 is 5.69 Å². The van der Waals surface area contributed by atoms with E-state index in [1.165, 1.54) is 16.2 Å². The number of pyridine rings is 1. The van der Waals surface area contributed by atoms with Crippen LogP contribution in [0.3, 0.4) is 0 Å². The summed E-state index contributed by atoms with van der Waals surface area (Å²) in [7, 11) is 0. The predicted octanol–water partition coefficient (Wildman–Crippen LogP) is 5.17. The van der Waals surface area contributed by atoms with Crippen LogP contribution in [0.2, 0.25) is 0 Å². The van der Waals surface area contributed by atoms with Gasteiger partial charge in [0.15, 0.2) is 0 Å². The van der Waals surface area contributed by atoms with Gasteiger partial charge in [0.2, 0.25) is 5.91 Å². The molecule has 0 unspecified atom stereocenters. The fourth-order valence-electron chi connectivity index (χ4n) is 6.01. The van der Waals surface area contributed by atoms with Crippen LogP contribution in [0.1, 0.15) is 81.9 Å². The van der Waals surface area contributed by atoms with Gasteiger partial charge in [-0.3, -0.25) is 18.7 Å². The van der Waals surface area contributed by atoms with E-state index in [9.17, 15) is 18.8 Å². The standard InChI is InChI=1S/C30H37FN4O3S/c31-22-19-26-28(32-20-22)34(25-15-17-39-18-16-25)30(38)35(29(26)37)24-13-11-23(12-14-24)33-27(36)10-6-2-5-9-21-7-3-1-4-8-21/h1,3-4,7-8,19-20,23-25H,2,5-6,9-18H2,(H,33,36)/t23-,24+. The van der Waals surface area contributed by atoms with E-state index < -0.39 is 11.4 Å². The molecule has 9 heteroatoms. The first-order chi connectivity index (χ1) is 19.0. The molecule has 1 saturated carbocycles. The van der Waals surface area contributed by atoms with Crippen molar-refractivity contribution in [2.24, 2.45) is 0 Å². The molecule has 1 aliphatic heterocycles. The van der Waals surface area contributed by atoms with Crippen LogP contribution in [0.25, 0.3) is 11.0 Å². The molecule has 0 atom stereocenters. The Labute approximate surface area is 232 Å². The van der Waals surface area contributed by atoms with Gasteiger partial charge in [-0.2, -0.15) is 11.8 Å². The van der Waals surface area contributed by atoms with Crippen molar-refractivity contribution in [3.63, 3.8) is 0 Å². The van der Waals surface area contributed by atoms with Gasteiger partial charge in [0, 0.05) is 24.5 Å². The van der Waals surface area contributed by atoms with E-state index in [0.29, 0.717) is 32.1 Å². The summed E-state index contributed by atoms with van der Waals surface area (Å²) in [5.74, 6) is 1.37. The first kappa shape index (κ1) is 27.6. The molecular formula is C30H37FN4O3S. The second kappa shape index (κ2) is 12.9. The number of aromatic nitrogens is 3. The lowest BCUT2D eigenvalue weighted by atomic mass is 9.90. The molecule has 1 aromatic carbocycles. The van der Waals surface area contributed by atoms with Crippen LogP contribution in [0.15, 0.2) is 52.2 Å². The number of carbonyl (C=O) groups is 1. The zero-order chi connectivity index (χ0) is 27.2. The highest BCUT2D eigenvalue weighted by Gasteiger charge is 2.29. The highest BCUT2D eigenvalue weighted by atomic mass is 32.2. The normalized spacial score (nSPS) is 20.2. The van der Waals surface area contributed by atoms with Crippen LogP contribution < -0.4 is 16.6 Å². The molecule has 0 spiro atoms. The summed E-state index contributed by atoms with van der Waals surface area (Å²) in [6.07, 6.45) is 9.86. The minimum absolute atomic E-state index is 0.0469. The van der Waals surface area contributed by atoms with Crippen LogP contribution in [0.4, 0.5) is 4.39 Å². The van der Waals surface area contributed by atoms with Gasteiger partial charge in [-0.15, -0.1) is 0 Å². The smallest absolute Gasteiger partial charge is 0.333 e. The molecule has 39 heavy (non-hydrogen) atoms. The van der Waals surface area contributed by atoms with Crippen LogP contribution in [0, 0.1) is 5.82 Å². The minimum atomic E-state index is -0.581. The van der Waals surface area contributed by atoms with Crippen molar-refractivity contribution in [2.75, 3.05) is 11.5 Å². The lowest BCUT2D eigenvalue weighted by Gasteiger charge is -2.31. The minimum Gasteiger partial charge on any atom is -0.353 e. The Morgan fingerprint density at radius 3 is 2.41 bits per heavy atom. The summed E-state index contributed by atoms with van der Waals surface area (Å²) in [5.41, 5.74) is 0.803. The van der Waals surface area contributed by atoms with Gasteiger partial charge in [-0.05, 0) is 80.9 Å². The number of carbonyl (C=O) groups excluding carboxylic acids is 1. The van der Waals surface area contributed by atoms with E-state index in [4.69, 9.17) is 0 Å². The molecule has 5 rings (SSSR count). The van der Waals surface area contributed by atoms with Gasteiger partial charge in [0.25, 0.3) is 5.56 Å². The van der Waals surface area contributed by atoms with Crippen molar-refractivity contribution in [3.05, 3.63) is 74.8 Å². The Bertz CT molecular complexity index is 1390. The number of hydrogen-bond donors (Lipinski definition) is 1. The molecule has 0 radical (unpaired) electrons. The summed E-state index contributed by atoms with van der Waals surface area (Å²) in [6, 6.07) is 11.3. The van der Waals surface area contributed by atoms with E-state index in [0.717, 1.165) is 56.2 Å². The molecular weight excluding hydrogens is 515 g/mol. The third kappa shape index (κ3) is 6.62. The molecule has 1 amide bonds. The predicted molar refractivity (Wildman–Crippen MR) is 154 cm³/mol. The maximum absolute atomic E-state index is 14.1. The molecule has 0 bridgehead atoms. The lowest BCUT2D eigenvalue weighted by molar-refractivity contribution is -0.122. The van der Waals surface area contributed by atoms with Crippen LogP contribution in [-0.2, 0) is 11.2 Å². The van der Waals surface area contributed by atoms with Crippen molar-refractivity contribution in [3.8, 4) is 0 Å². The zero-order valence-corrected chi connectivity index (χ0v) is 23.1. The Morgan fingerprint density at radius 2 is 1.67 bits per heavy atom.